The van der Waals surface area contributed by atoms with Crippen molar-refractivity contribution in [1.82, 2.24) is 14.5 Å². The van der Waals surface area contributed by atoms with Gasteiger partial charge in [0.05, 0.1) is 5.75 Å². The molecule has 1 unspecified atom stereocenters. The Kier molecular flexibility index (Phi) is 4.31. The smallest absolute Gasteiger partial charge is 0.215 e. The van der Waals surface area contributed by atoms with Crippen molar-refractivity contribution in [2.75, 3.05) is 39.3 Å². The Balaban J connectivity index is 1.56. The van der Waals surface area contributed by atoms with E-state index in [1.54, 1.807) is 0 Å². The van der Waals surface area contributed by atoms with Crippen LogP contribution in [0.15, 0.2) is 24.3 Å². The number of hydrogen-bond donors (Lipinski definition) is 1. The van der Waals surface area contributed by atoms with Gasteiger partial charge in [-0.05, 0) is 12.5 Å². The van der Waals surface area contributed by atoms with Crippen molar-refractivity contribution in [3.63, 3.8) is 0 Å². The Morgan fingerprint density at radius 2 is 2.00 bits per heavy atom. The van der Waals surface area contributed by atoms with Crippen LogP contribution in [0.3, 0.4) is 0 Å². The second-order valence-corrected chi connectivity index (χ2v) is 7.89. The van der Waals surface area contributed by atoms with Crippen LogP contribution in [0, 0.1) is 6.92 Å². The molecule has 4 rings (SSSR count). The fraction of sp³-hybridized carbons (Fsp3) is 0.600. The summed E-state index contributed by atoms with van der Waals surface area (Å²) in [6, 6.07) is 7.99. The topological polar surface area (TPSA) is 52.7 Å². The minimum absolute atomic E-state index is 0.0606. The van der Waals surface area contributed by atoms with Crippen LogP contribution in [0.25, 0.3) is 0 Å². The highest BCUT2D eigenvalue weighted by Crippen LogP contribution is 2.15. The van der Waals surface area contributed by atoms with Crippen LogP contribution in [0.2, 0.25) is 0 Å². The third kappa shape index (κ3) is 3.83. The first-order valence-corrected chi connectivity index (χ1v) is 9.16. The molecular weight excluding hydrogens is 286 g/mol. The third-order valence-corrected chi connectivity index (χ3v) is 5.69. The first-order valence-electron chi connectivity index (χ1n) is 7.51. The van der Waals surface area contributed by atoms with Crippen LogP contribution in [-0.4, -0.2) is 63.5 Å². The molecule has 3 aliphatic rings. The quantitative estimate of drug-likeness (QED) is 0.856. The summed E-state index contributed by atoms with van der Waals surface area (Å²) < 4.78 is 27.2. The second-order valence-electron chi connectivity index (χ2n) is 6.09. The number of benzene rings is 1. The zero-order valence-corrected chi connectivity index (χ0v) is 13.3. The molecule has 3 aliphatic heterocycles. The second kappa shape index (κ2) is 6.04. The fourth-order valence-electron chi connectivity index (χ4n) is 3.21. The largest absolute Gasteiger partial charge is 0.299 e. The molecule has 21 heavy (non-hydrogen) atoms. The maximum atomic E-state index is 12.2. The average Bonchev–Trinajstić information content (AvgIpc) is 2.46. The van der Waals surface area contributed by atoms with Gasteiger partial charge in [0.1, 0.15) is 0 Å². The Labute approximate surface area is 127 Å². The standard InChI is InChI=1S/C15H23N3O2S/c1-13-3-2-4-14(9-13)12-21(19,20)16-10-15-11-17-5-7-18(15)8-6-17/h2-4,9,15-16H,5-8,10-12H2,1H3. The normalized spacial score (nSPS) is 28.7. The number of sulfonamides is 1. The molecule has 1 atom stereocenters. The van der Waals surface area contributed by atoms with E-state index in [4.69, 9.17) is 0 Å². The van der Waals surface area contributed by atoms with Gasteiger partial charge in [-0.3, -0.25) is 9.80 Å². The minimum atomic E-state index is -3.26. The zero-order valence-electron chi connectivity index (χ0n) is 12.5. The van der Waals surface area contributed by atoms with Crippen LogP contribution in [0.5, 0.6) is 0 Å². The predicted octanol–water partition coefficient (Wildman–Crippen LogP) is 0.414. The maximum absolute atomic E-state index is 12.2. The molecule has 6 heteroatoms. The molecule has 0 spiro atoms. The Morgan fingerprint density at radius 1 is 1.24 bits per heavy atom. The molecule has 0 aromatic heterocycles. The monoisotopic (exact) mass is 309 g/mol. The highest BCUT2D eigenvalue weighted by atomic mass is 32.2. The average molecular weight is 309 g/mol. The molecule has 0 radical (unpaired) electrons. The lowest BCUT2D eigenvalue weighted by Gasteiger charge is -2.47. The third-order valence-electron chi connectivity index (χ3n) is 4.37. The van der Waals surface area contributed by atoms with E-state index in [9.17, 15) is 8.42 Å². The lowest BCUT2D eigenvalue weighted by molar-refractivity contribution is 0.0158. The van der Waals surface area contributed by atoms with Gasteiger partial charge in [-0.1, -0.05) is 29.8 Å². The van der Waals surface area contributed by atoms with Crippen LogP contribution in [0.4, 0.5) is 0 Å². The van der Waals surface area contributed by atoms with E-state index >= 15 is 0 Å². The van der Waals surface area contributed by atoms with Gasteiger partial charge in [-0.25, -0.2) is 13.1 Å². The van der Waals surface area contributed by atoms with Gasteiger partial charge < -0.3 is 0 Å². The van der Waals surface area contributed by atoms with Gasteiger partial charge in [0.25, 0.3) is 0 Å². The van der Waals surface area contributed by atoms with E-state index in [1.165, 1.54) is 0 Å². The van der Waals surface area contributed by atoms with Gasteiger partial charge >= 0.3 is 0 Å². The SMILES string of the molecule is Cc1cccc(CS(=O)(=O)NCC2CN3CCN2CC3)c1. The molecular formula is C15H23N3O2S. The minimum Gasteiger partial charge on any atom is -0.299 e. The zero-order chi connectivity index (χ0) is 14.9. The number of piperazine rings is 3. The van der Waals surface area contributed by atoms with E-state index in [-0.39, 0.29) is 5.75 Å². The van der Waals surface area contributed by atoms with E-state index in [2.05, 4.69) is 14.5 Å². The van der Waals surface area contributed by atoms with Gasteiger partial charge in [-0.15, -0.1) is 0 Å². The summed E-state index contributed by atoms with van der Waals surface area (Å²) >= 11 is 0. The number of hydrogen-bond acceptors (Lipinski definition) is 4. The number of nitrogens with zero attached hydrogens (tertiary/aromatic N) is 2. The molecule has 3 saturated heterocycles. The summed E-state index contributed by atoms with van der Waals surface area (Å²) in [4.78, 5) is 4.81. The van der Waals surface area contributed by atoms with Crippen LogP contribution in [-0.2, 0) is 15.8 Å². The van der Waals surface area contributed by atoms with Crippen LogP contribution < -0.4 is 4.72 Å². The van der Waals surface area contributed by atoms with Crippen molar-refractivity contribution in [2.45, 2.75) is 18.7 Å². The molecule has 1 aromatic rings. The Morgan fingerprint density at radius 3 is 2.62 bits per heavy atom. The molecule has 0 amide bonds. The van der Waals surface area contributed by atoms with Gasteiger partial charge in [0.15, 0.2) is 0 Å². The lowest BCUT2D eigenvalue weighted by Crippen LogP contribution is -2.63. The Hall–Kier alpha value is -0.950. The first kappa shape index (κ1) is 15.0. The molecule has 1 N–H and O–H groups in total. The van der Waals surface area contributed by atoms with Crippen LogP contribution in [0.1, 0.15) is 11.1 Å². The molecule has 5 nitrogen and oxygen atoms in total. The van der Waals surface area contributed by atoms with Crippen molar-refractivity contribution in [1.29, 1.82) is 0 Å². The molecule has 3 heterocycles. The Bertz CT molecular complexity index is 595. The summed E-state index contributed by atoms with van der Waals surface area (Å²) in [5, 5.41) is 0. The number of fused-ring (bicyclic) bond motifs is 3. The summed E-state index contributed by atoms with van der Waals surface area (Å²) in [5.74, 6) is 0.0606. The van der Waals surface area contributed by atoms with Crippen molar-refractivity contribution in [2.24, 2.45) is 0 Å². The van der Waals surface area contributed by atoms with Crippen molar-refractivity contribution in [3.05, 3.63) is 35.4 Å². The van der Waals surface area contributed by atoms with Crippen molar-refractivity contribution >= 4 is 10.0 Å². The lowest BCUT2D eigenvalue weighted by atomic mass is 10.1. The highest BCUT2D eigenvalue weighted by molar-refractivity contribution is 7.88. The molecule has 2 bridgehead atoms. The predicted molar refractivity (Wildman–Crippen MR) is 83.6 cm³/mol. The summed E-state index contributed by atoms with van der Waals surface area (Å²) in [5.41, 5.74) is 1.93. The van der Waals surface area contributed by atoms with Crippen LogP contribution >= 0.6 is 0 Å². The molecule has 3 fully saturated rings. The molecule has 0 aliphatic carbocycles. The molecule has 116 valence electrons. The summed E-state index contributed by atoms with van der Waals surface area (Å²) in [6.45, 7) is 7.83. The van der Waals surface area contributed by atoms with Crippen molar-refractivity contribution in [3.8, 4) is 0 Å². The van der Waals surface area contributed by atoms with Gasteiger partial charge in [0, 0.05) is 45.3 Å². The van der Waals surface area contributed by atoms with Gasteiger partial charge in [0.2, 0.25) is 10.0 Å². The summed E-state index contributed by atoms with van der Waals surface area (Å²) in [7, 11) is -3.26. The van der Waals surface area contributed by atoms with E-state index in [1.807, 2.05) is 31.2 Å². The van der Waals surface area contributed by atoms with E-state index in [0.717, 1.165) is 43.9 Å². The van der Waals surface area contributed by atoms with Gasteiger partial charge in [-0.2, -0.15) is 0 Å². The first-order chi connectivity index (χ1) is 10.0. The maximum Gasteiger partial charge on any atom is 0.215 e. The number of aryl methyl sites for hydroxylation is 1. The summed E-state index contributed by atoms with van der Waals surface area (Å²) in [6.07, 6.45) is 0. The number of nitrogens with one attached hydrogen (secondary N) is 1. The molecule has 0 saturated carbocycles. The van der Waals surface area contributed by atoms with E-state index < -0.39 is 10.0 Å². The van der Waals surface area contributed by atoms with E-state index in [0.29, 0.717) is 12.6 Å². The van der Waals surface area contributed by atoms with Crippen molar-refractivity contribution < 1.29 is 8.42 Å². The fourth-order valence-corrected chi connectivity index (χ4v) is 4.38. The molecule has 1 aromatic carbocycles. The number of rotatable bonds is 5. The highest BCUT2D eigenvalue weighted by Gasteiger charge is 2.32.